The number of carbonyl (C=O) groups excluding carboxylic acids is 2. The zero-order chi connectivity index (χ0) is 16.4. The molecular weight excluding hydrogens is 297 g/mol. The first-order valence-electron chi connectivity index (χ1n) is 8.17. The molecule has 3 rings (SSSR count). The molecule has 1 saturated heterocycles. The van der Waals surface area contributed by atoms with Gasteiger partial charge in [-0.15, -0.1) is 0 Å². The summed E-state index contributed by atoms with van der Waals surface area (Å²) in [6, 6.07) is 3.05. The Morgan fingerprint density at radius 1 is 1.22 bits per heavy atom. The highest BCUT2D eigenvalue weighted by Gasteiger charge is 2.31. The topological polar surface area (TPSA) is 43.9 Å². The second kappa shape index (κ2) is 6.66. The number of carbonyl (C=O) groups is 2. The molecule has 1 heterocycles. The van der Waals surface area contributed by atoms with Crippen LogP contribution in [0.5, 0.6) is 0 Å². The Labute approximate surface area is 135 Å². The van der Waals surface area contributed by atoms with Crippen molar-refractivity contribution in [1.82, 2.24) is 4.90 Å². The Morgan fingerprint density at radius 2 is 1.91 bits per heavy atom. The molecule has 23 heavy (non-hydrogen) atoms. The third-order valence-electron chi connectivity index (χ3n) is 4.72. The van der Waals surface area contributed by atoms with Gasteiger partial charge in [-0.25, -0.2) is 4.39 Å². The van der Waals surface area contributed by atoms with Gasteiger partial charge < -0.3 is 14.7 Å². The number of nitrogens with zero attached hydrogens (tertiary/aromatic N) is 3. The largest absolute Gasteiger partial charge is 0.367 e. The smallest absolute Gasteiger partial charge is 0.214 e. The van der Waals surface area contributed by atoms with Gasteiger partial charge in [0.15, 0.2) is 6.29 Å². The number of aldehydes is 1. The standard InChI is InChI=1S/C17H22FN3O2/c1-2-19-5-7-20(8-6-19)17-10-16(13(11-22)9-15(17)18)21(12-23)14-3-4-14/h9-12,14H,2-8H2,1H3. The van der Waals surface area contributed by atoms with Crippen molar-refractivity contribution in [1.29, 1.82) is 0 Å². The average molecular weight is 319 g/mol. The molecule has 1 aromatic rings. The predicted octanol–water partition coefficient (Wildman–Crippen LogP) is 1.91. The molecule has 0 spiro atoms. The summed E-state index contributed by atoms with van der Waals surface area (Å²) in [6.45, 7) is 6.38. The Morgan fingerprint density at radius 3 is 2.43 bits per heavy atom. The first-order valence-corrected chi connectivity index (χ1v) is 8.17. The summed E-state index contributed by atoms with van der Waals surface area (Å²) in [5, 5.41) is 0. The molecule has 1 aliphatic carbocycles. The lowest BCUT2D eigenvalue weighted by molar-refractivity contribution is -0.107. The van der Waals surface area contributed by atoms with E-state index in [2.05, 4.69) is 11.8 Å². The van der Waals surface area contributed by atoms with E-state index in [9.17, 15) is 14.0 Å². The number of hydrogen-bond donors (Lipinski definition) is 0. The van der Waals surface area contributed by atoms with Crippen LogP contribution in [0.25, 0.3) is 0 Å². The summed E-state index contributed by atoms with van der Waals surface area (Å²) in [5.41, 5.74) is 1.23. The normalized spacial score (nSPS) is 18.8. The lowest BCUT2D eigenvalue weighted by Crippen LogP contribution is -2.46. The molecular formula is C17H22FN3O2. The zero-order valence-corrected chi connectivity index (χ0v) is 13.4. The van der Waals surface area contributed by atoms with Crippen molar-refractivity contribution in [2.75, 3.05) is 42.5 Å². The molecule has 2 aliphatic rings. The van der Waals surface area contributed by atoms with Gasteiger partial charge in [-0.3, -0.25) is 9.59 Å². The number of amides is 1. The lowest BCUT2D eigenvalue weighted by atomic mass is 10.1. The predicted molar refractivity (Wildman–Crippen MR) is 87.7 cm³/mol. The van der Waals surface area contributed by atoms with Crippen molar-refractivity contribution in [2.24, 2.45) is 0 Å². The van der Waals surface area contributed by atoms with Crippen LogP contribution in [0.2, 0.25) is 0 Å². The van der Waals surface area contributed by atoms with E-state index in [-0.39, 0.29) is 11.6 Å². The van der Waals surface area contributed by atoms with Gasteiger partial charge in [-0.05, 0) is 31.5 Å². The average Bonchev–Trinajstić information content (AvgIpc) is 3.41. The van der Waals surface area contributed by atoms with Crippen molar-refractivity contribution in [3.8, 4) is 0 Å². The van der Waals surface area contributed by atoms with Crippen LogP contribution in [-0.2, 0) is 4.79 Å². The number of piperazine rings is 1. The van der Waals surface area contributed by atoms with E-state index in [1.54, 1.807) is 11.0 Å². The molecule has 1 aromatic carbocycles. The zero-order valence-electron chi connectivity index (χ0n) is 13.4. The van der Waals surface area contributed by atoms with Gasteiger partial charge in [0, 0.05) is 37.8 Å². The lowest BCUT2D eigenvalue weighted by Gasteiger charge is -2.36. The van der Waals surface area contributed by atoms with E-state index in [1.807, 2.05) is 4.90 Å². The van der Waals surface area contributed by atoms with Crippen molar-refractivity contribution >= 4 is 24.1 Å². The van der Waals surface area contributed by atoms with Gasteiger partial charge in [0.05, 0.1) is 11.4 Å². The number of anilines is 2. The van der Waals surface area contributed by atoms with Gasteiger partial charge in [-0.1, -0.05) is 6.92 Å². The van der Waals surface area contributed by atoms with Crippen LogP contribution in [0.4, 0.5) is 15.8 Å². The van der Waals surface area contributed by atoms with Crippen LogP contribution in [0.1, 0.15) is 30.1 Å². The molecule has 0 bridgehead atoms. The summed E-state index contributed by atoms with van der Waals surface area (Å²) in [4.78, 5) is 28.6. The molecule has 0 unspecified atom stereocenters. The van der Waals surface area contributed by atoms with E-state index in [4.69, 9.17) is 0 Å². The van der Waals surface area contributed by atoms with E-state index < -0.39 is 5.82 Å². The molecule has 1 amide bonds. The van der Waals surface area contributed by atoms with Crippen LogP contribution in [0.15, 0.2) is 12.1 Å². The van der Waals surface area contributed by atoms with Gasteiger partial charge in [0.1, 0.15) is 5.82 Å². The van der Waals surface area contributed by atoms with Crippen LogP contribution < -0.4 is 9.80 Å². The fraction of sp³-hybridized carbons (Fsp3) is 0.529. The van der Waals surface area contributed by atoms with Crippen LogP contribution in [-0.4, -0.2) is 56.4 Å². The second-order valence-electron chi connectivity index (χ2n) is 6.15. The number of likely N-dealkylation sites (N-methyl/N-ethyl adjacent to an activating group) is 1. The molecule has 1 aliphatic heterocycles. The first kappa shape index (κ1) is 15.9. The molecule has 1 saturated carbocycles. The summed E-state index contributed by atoms with van der Waals surface area (Å²) >= 11 is 0. The van der Waals surface area contributed by atoms with Crippen molar-refractivity contribution in [3.05, 3.63) is 23.5 Å². The summed E-state index contributed by atoms with van der Waals surface area (Å²) in [6.07, 6.45) is 3.23. The molecule has 5 nitrogen and oxygen atoms in total. The maximum atomic E-state index is 14.4. The second-order valence-corrected chi connectivity index (χ2v) is 6.15. The Balaban J connectivity index is 1.91. The van der Waals surface area contributed by atoms with E-state index >= 15 is 0 Å². The molecule has 124 valence electrons. The van der Waals surface area contributed by atoms with Crippen LogP contribution >= 0.6 is 0 Å². The number of benzene rings is 1. The molecule has 0 aromatic heterocycles. The molecule has 2 fully saturated rings. The quantitative estimate of drug-likeness (QED) is 0.751. The number of halogens is 1. The van der Waals surface area contributed by atoms with E-state index in [0.717, 1.165) is 52.0 Å². The van der Waals surface area contributed by atoms with E-state index in [0.29, 0.717) is 17.7 Å². The highest BCUT2D eigenvalue weighted by molar-refractivity contribution is 5.92. The maximum absolute atomic E-state index is 14.4. The molecule has 0 atom stereocenters. The fourth-order valence-electron chi connectivity index (χ4n) is 3.12. The van der Waals surface area contributed by atoms with Crippen molar-refractivity contribution < 1.29 is 14.0 Å². The van der Waals surface area contributed by atoms with Crippen LogP contribution in [0.3, 0.4) is 0 Å². The Hall–Kier alpha value is -1.95. The van der Waals surface area contributed by atoms with E-state index in [1.165, 1.54) is 6.07 Å². The third kappa shape index (κ3) is 3.22. The molecule has 0 radical (unpaired) electrons. The summed E-state index contributed by atoms with van der Waals surface area (Å²) in [5.74, 6) is -0.401. The Kier molecular flexibility index (Phi) is 4.61. The number of rotatable bonds is 6. The minimum absolute atomic E-state index is 0.140. The number of hydrogen-bond acceptors (Lipinski definition) is 4. The summed E-state index contributed by atoms with van der Waals surface area (Å²) < 4.78 is 14.4. The third-order valence-corrected chi connectivity index (χ3v) is 4.72. The van der Waals surface area contributed by atoms with Gasteiger partial charge in [0.2, 0.25) is 6.41 Å². The fourth-order valence-corrected chi connectivity index (χ4v) is 3.12. The SMILES string of the molecule is CCN1CCN(c2cc(N(C=O)C3CC3)c(C=O)cc2F)CC1. The monoisotopic (exact) mass is 319 g/mol. The summed E-state index contributed by atoms with van der Waals surface area (Å²) in [7, 11) is 0. The molecule has 6 heteroatoms. The maximum Gasteiger partial charge on any atom is 0.214 e. The minimum Gasteiger partial charge on any atom is -0.367 e. The molecule has 0 N–H and O–H groups in total. The first-order chi connectivity index (χ1) is 11.2. The van der Waals surface area contributed by atoms with Crippen molar-refractivity contribution in [2.45, 2.75) is 25.8 Å². The van der Waals surface area contributed by atoms with Crippen molar-refractivity contribution in [3.63, 3.8) is 0 Å². The minimum atomic E-state index is -0.401. The Bertz CT molecular complexity index is 596. The highest BCUT2D eigenvalue weighted by atomic mass is 19.1. The van der Waals surface area contributed by atoms with Gasteiger partial charge >= 0.3 is 0 Å². The van der Waals surface area contributed by atoms with Gasteiger partial charge in [-0.2, -0.15) is 0 Å². The highest BCUT2D eigenvalue weighted by Crippen LogP contribution is 2.35. The van der Waals surface area contributed by atoms with Gasteiger partial charge in [0.25, 0.3) is 0 Å². The van der Waals surface area contributed by atoms with Crippen LogP contribution in [0, 0.1) is 5.82 Å².